The van der Waals surface area contributed by atoms with Crippen molar-refractivity contribution in [1.29, 1.82) is 0 Å². The molecular weight excluding hydrogens is 312 g/mol. The molecule has 25 heavy (non-hydrogen) atoms. The Morgan fingerprint density at radius 1 is 1.04 bits per heavy atom. The number of hydrogen-bond acceptors (Lipinski definition) is 4. The van der Waals surface area contributed by atoms with E-state index in [0.29, 0.717) is 24.2 Å². The molecule has 2 heterocycles. The normalized spacial score (nSPS) is 11.5. The molecule has 0 bridgehead atoms. The van der Waals surface area contributed by atoms with Gasteiger partial charge in [0.2, 0.25) is 5.71 Å². The molecule has 0 aliphatic rings. The predicted molar refractivity (Wildman–Crippen MR) is 103 cm³/mol. The van der Waals surface area contributed by atoms with Gasteiger partial charge < -0.3 is 9.15 Å². The van der Waals surface area contributed by atoms with Gasteiger partial charge in [0.05, 0.1) is 12.0 Å². The minimum absolute atomic E-state index is 0.418. The van der Waals surface area contributed by atoms with Gasteiger partial charge >= 0.3 is 6.01 Å². The molecule has 0 aliphatic carbocycles. The Morgan fingerprint density at radius 2 is 1.76 bits per heavy atom. The minimum Gasteiger partial charge on any atom is -0.463 e. The standard InChI is InChI=1S/C21H34N2O2/c1-4-5-6-7-8-9-10-11-12-19-15-18-16-22-21(23-20(18)25-19)24-14-13-17(2)3/h15-17H,4-14H2,1-3H3. The van der Waals surface area contributed by atoms with Crippen molar-refractivity contribution < 1.29 is 9.15 Å². The first-order chi connectivity index (χ1) is 12.2. The van der Waals surface area contributed by atoms with Crippen molar-refractivity contribution in [3.05, 3.63) is 18.0 Å². The predicted octanol–water partition coefficient (Wildman–Crippen LogP) is 6.33. The molecule has 0 saturated heterocycles. The van der Waals surface area contributed by atoms with Gasteiger partial charge in [0.1, 0.15) is 5.76 Å². The molecule has 0 fully saturated rings. The molecule has 4 nitrogen and oxygen atoms in total. The number of aromatic nitrogens is 2. The summed E-state index contributed by atoms with van der Waals surface area (Å²) in [6.07, 6.45) is 14.4. The van der Waals surface area contributed by atoms with Crippen LogP contribution in [0.15, 0.2) is 16.7 Å². The second-order valence-corrected chi connectivity index (χ2v) is 7.38. The van der Waals surface area contributed by atoms with Crippen LogP contribution in [0.1, 0.15) is 84.3 Å². The van der Waals surface area contributed by atoms with E-state index in [1.807, 2.05) is 0 Å². The van der Waals surface area contributed by atoms with E-state index in [2.05, 4.69) is 36.8 Å². The van der Waals surface area contributed by atoms with Crippen LogP contribution in [0.2, 0.25) is 0 Å². The molecule has 0 saturated carbocycles. The second-order valence-electron chi connectivity index (χ2n) is 7.38. The van der Waals surface area contributed by atoms with Crippen molar-refractivity contribution in [1.82, 2.24) is 9.97 Å². The number of unbranched alkanes of at least 4 members (excludes halogenated alkanes) is 7. The Kier molecular flexibility index (Phi) is 8.78. The maximum Gasteiger partial charge on any atom is 0.319 e. The van der Waals surface area contributed by atoms with Gasteiger partial charge in [-0.3, -0.25) is 0 Å². The monoisotopic (exact) mass is 346 g/mol. The topological polar surface area (TPSA) is 48.2 Å². The van der Waals surface area contributed by atoms with Gasteiger partial charge in [0.15, 0.2) is 0 Å². The maximum absolute atomic E-state index is 5.86. The first kappa shape index (κ1) is 19.7. The van der Waals surface area contributed by atoms with Crippen LogP contribution < -0.4 is 4.74 Å². The number of aryl methyl sites for hydroxylation is 1. The van der Waals surface area contributed by atoms with Crippen molar-refractivity contribution in [2.75, 3.05) is 6.61 Å². The lowest BCUT2D eigenvalue weighted by atomic mass is 10.1. The van der Waals surface area contributed by atoms with E-state index in [4.69, 9.17) is 9.15 Å². The molecule has 0 aliphatic heterocycles. The Balaban J connectivity index is 1.71. The van der Waals surface area contributed by atoms with Crippen molar-refractivity contribution in [2.45, 2.75) is 85.0 Å². The fraction of sp³-hybridized carbons (Fsp3) is 0.714. The van der Waals surface area contributed by atoms with Crippen LogP contribution in [0.3, 0.4) is 0 Å². The SMILES string of the molecule is CCCCCCCCCCc1cc2cnc(OCCC(C)C)nc2o1. The second kappa shape index (κ2) is 11.1. The van der Waals surface area contributed by atoms with Crippen molar-refractivity contribution in [3.63, 3.8) is 0 Å². The molecule has 2 aromatic heterocycles. The lowest BCUT2D eigenvalue weighted by molar-refractivity contribution is 0.268. The molecule has 0 radical (unpaired) electrons. The summed E-state index contributed by atoms with van der Waals surface area (Å²) in [6.45, 7) is 7.27. The summed E-state index contributed by atoms with van der Waals surface area (Å²) in [4.78, 5) is 8.65. The van der Waals surface area contributed by atoms with E-state index in [-0.39, 0.29) is 0 Å². The van der Waals surface area contributed by atoms with E-state index in [1.165, 1.54) is 51.4 Å². The third-order valence-corrected chi connectivity index (χ3v) is 4.51. The first-order valence-corrected chi connectivity index (χ1v) is 10.1. The van der Waals surface area contributed by atoms with Gasteiger partial charge in [-0.25, -0.2) is 4.98 Å². The average Bonchev–Trinajstić information content (AvgIpc) is 2.99. The Bertz CT molecular complexity index is 607. The first-order valence-electron chi connectivity index (χ1n) is 10.1. The van der Waals surface area contributed by atoms with Crippen LogP contribution in [0.5, 0.6) is 6.01 Å². The highest BCUT2D eigenvalue weighted by atomic mass is 16.5. The highest BCUT2D eigenvalue weighted by Crippen LogP contribution is 2.21. The van der Waals surface area contributed by atoms with E-state index in [1.54, 1.807) is 6.20 Å². The largest absolute Gasteiger partial charge is 0.463 e. The molecule has 0 N–H and O–H groups in total. The zero-order chi connectivity index (χ0) is 17.9. The van der Waals surface area contributed by atoms with Gasteiger partial charge in [0, 0.05) is 12.6 Å². The quantitative estimate of drug-likeness (QED) is 0.398. The van der Waals surface area contributed by atoms with Crippen LogP contribution in [0, 0.1) is 5.92 Å². The van der Waals surface area contributed by atoms with E-state index >= 15 is 0 Å². The summed E-state index contributed by atoms with van der Waals surface area (Å²) in [5.74, 6) is 1.63. The molecule has 2 aromatic rings. The van der Waals surface area contributed by atoms with Crippen molar-refractivity contribution in [3.8, 4) is 6.01 Å². The van der Waals surface area contributed by atoms with Crippen LogP contribution in [-0.4, -0.2) is 16.6 Å². The van der Waals surface area contributed by atoms with Crippen LogP contribution in [0.25, 0.3) is 11.1 Å². The lowest BCUT2D eigenvalue weighted by Gasteiger charge is -2.05. The van der Waals surface area contributed by atoms with Gasteiger partial charge in [-0.2, -0.15) is 4.98 Å². The molecular formula is C21H34N2O2. The lowest BCUT2D eigenvalue weighted by Crippen LogP contribution is -2.03. The number of fused-ring (bicyclic) bond motifs is 1. The molecule has 2 rings (SSSR count). The average molecular weight is 347 g/mol. The van der Waals surface area contributed by atoms with E-state index in [9.17, 15) is 0 Å². The third kappa shape index (κ3) is 7.45. The van der Waals surface area contributed by atoms with E-state index < -0.39 is 0 Å². The number of ether oxygens (including phenoxy) is 1. The van der Waals surface area contributed by atoms with Gasteiger partial charge in [0.25, 0.3) is 0 Å². The van der Waals surface area contributed by atoms with Crippen molar-refractivity contribution in [2.24, 2.45) is 5.92 Å². The highest BCUT2D eigenvalue weighted by molar-refractivity contribution is 5.73. The van der Waals surface area contributed by atoms with Crippen molar-refractivity contribution >= 4 is 11.1 Å². The highest BCUT2D eigenvalue weighted by Gasteiger charge is 2.08. The molecule has 0 spiro atoms. The smallest absolute Gasteiger partial charge is 0.319 e. The van der Waals surface area contributed by atoms with Crippen LogP contribution >= 0.6 is 0 Å². The Morgan fingerprint density at radius 3 is 2.48 bits per heavy atom. The van der Waals surface area contributed by atoms with Crippen LogP contribution in [0.4, 0.5) is 0 Å². The van der Waals surface area contributed by atoms with Crippen LogP contribution in [-0.2, 0) is 6.42 Å². The minimum atomic E-state index is 0.418. The molecule has 0 unspecified atom stereocenters. The summed E-state index contributed by atoms with van der Waals surface area (Å²) < 4.78 is 11.5. The summed E-state index contributed by atoms with van der Waals surface area (Å²) in [6, 6.07) is 2.48. The van der Waals surface area contributed by atoms with Gasteiger partial charge in [-0.05, 0) is 24.8 Å². The fourth-order valence-corrected chi connectivity index (χ4v) is 2.88. The number of rotatable bonds is 13. The summed E-state index contributed by atoms with van der Waals surface area (Å²) in [5.41, 5.74) is 0.643. The molecule has 0 atom stereocenters. The maximum atomic E-state index is 5.86. The number of furan rings is 1. The Labute approximate surface area is 152 Å². The summed E-state index contributed by atoms with van der Waals surface area (Å²) in [5, 5.41) is 0.964. The zero-order valence-corrected chi connectivity index (χ0v) is 16.2. The van der Waals surface area contributed by atoms with Gasteiger partial charge in [-0.15, -0.1) is 0 Å². The molecule has 0 amide bonds. The van der Waals surface area contributed by atoms with Gasteiger partial charge in [-0.1, -0.05) is 65.7 Å². The van der Waals surface area contributed by atoms with E-state index in [0.717, 1.165) is 24.0 Å². The Hall–Kier alpha value is -1.58. The summed E-state index contributed by atoms with van der Waals surface area (Å²) in [7, 11) is 0. The third-order valence-electron chi connectivity index (χ3n) is 4.51. The fourth-order valence-electron chi connectivity index (χ4n) is 2.88. The summed E-state index contributed by atoms with van der Waals surface area (Å²) >= 11 is 0. The molecule has 140 valence electrons. The number of hydrogen-bond donors (Lipinski definition) is 0. The zero-order valence-electron chi connectivity index (χ0n) is 16.2. The number of nitrogens with zero attached hydrogens (tertiary/aromatic N) is 2. The molecule has 0 aromatic carbocycles. The molecule has 4 heteroatoms.